The highest BCUT2D eigenvalue weighted by atomic mass is 35.5. The van der Waals surface area contributed by atoms with Gasteiger partial charge in [0.15, 0.2) is 5.69 Å². The van der Waals surface area contributed by atoms with Crippen LogP contribution in [0, 0.1) is 12.7 Å². The molecule has 7 heteroatoms. The summed E-state index contributed by atoms with van der Waals surface area (Å²) in [6.45, 7) is 4.06. The number of rotatable bonds is 4. The van der Waals surface area contributed by atoms with Crippen LogP contribution in [0.1, 0.15) is 28.7 Å². The van der Waals surface area contributed by atoms with E-state index >= 15 is 0 Å². The summed E-state index contributed by atoms with van der Waals surface area (Å²) in [6.07, 6.45) is 0. The van der Waals surface area contributed by atoms with Crippen molar-refractivity contribution in [3.05, 3.63) is 46.0 Å². The molecule has 0 aliphatic rings. The average molecular weight is 298 g/mol. The predicted molar refractivity (Wildman–Crippen MR) is 71.2 cm³/mol. The van der Waals surface area contributed by atoms with E-state index in [9.17, 15) is 9.18 Å². The smallest absolute Gasteiger partial charge is 0.360 e. The molecule has 1 aromatic heterocycles. The predicted octanol–water partition coefficient (Wildman–Crippen LogP) is 2.60. The van der Waals surface area contributed by atoms with Crippen molar-refractivity contribution < 1.29 is 13.9 Å². The standard InChI is InChI=1S/C13H13ClFN3O2/c1-3-20-13(19)12-8(2)18(17-16-12)7-9-4-5-11(15)10(14)6-9/h4-6H,3,7H2,1-2H3. The van der Waals surface area contributed by atoms with Crippen LogP contribution >= 0.6 is 11.6 Å². The lowest BCUT2D eigenvalue weighted by molar-refractivity contribution is 0.0518. The van der Waals surface area contributed by atoms with Gasteiger partial charge in [-0.25, -0.2) is 13.9 Å². The molecule has 0 fully saturated rings. The maximum absolute atomic E-state index is 13.1. The molecule has 0 amide bonds. The van der Waals surface area contributed by atoms with Crippen molar-refractivity contribution in [1.29, 1.82) is 0 Å². The number of nitrogens with zero attached hydrogens (tertiary/aromatic N) is 3. The molecule has 0 aliphatic carbocycles. The van der Waals surface area contributed by atoms with Crippen LogP contribution < -0.4 is 0 Å². The van der Waals surface area contributed by atoms with E-state index in [0.29, 0.717) is 12.2 Å². The second-order valence-corrected chi connectivity index (χ2v) is 4.56. The molecule has 0 bridgehead atoms. The number of benzene rings is 1. The molecule has 0 unspecified atom stereocenters. The van der Waals surface area contributed by atoms with Crippen molar-refractivity contribution >= 4 is 17.6 Å². The summed E-state index contributed by atoms with van der Waals surface area (Å²) in [5, 5.41) is 7.74. The van der Waals surface area contributed by atoms with E-state index in [0.717, 1.165) is 5.56 Å². The van der Waals surface area contributed by atoms with Crippen LogP contribution in [0.15, 0.2) is 18.2 Å². The van der Waals surface area contributed by atoms with Gasteiger partial charge in [-0.15, -0.1) is 5.10 Å². The molecule has 2 aromatic rings. The zero-order chi connectivity index (χ0) is 14.7. The van der Waals surface area contributed by atoms with Crippen LogP contribution in [-0.2, 0) is 11.3 Å². The largest absolute Gasteiger partial charge is 0.461 e. The van der Waals surface area contributed by atoms with E-state index in [-0.39, 0.29) is 17.3 Å². The van der Waals surface area contributed by atoms with Gasteiger partial charge >= 0.3 is 5.97 Å². The van der Waals surface area contributed by atoms with Crippen molar-refractivity contribution in [3.63, 3.8) is 0 Å². The fraction of sp³-hybridized carbons (Fsp3) is 0.308. The Hall–Kier alpha value is -1.95. The molecule has 1 aromatic carbocycles. The first-order chi connectivity index (χ1) is 9.52. The third-order valence-corrected chi connectivity index (χ3v) is 3.06. The van der Waals surface area contributed by atoms with E-state index in [2.05, 4.69) is 10.3 Å². The third kappa shape index (κ3) is 2.96. The summed E-state index contributed by atoms with van der Waals surface area (Å²) in [7, 11) is 0. The normalized spacial score (nSPS) is 10.6. The molecule has 0 aliphatic heterocycles. The minimum atomic E-state index is -0.506. The maximum atomic E-state index is 13.1. The minimum absolute atomic E-state index is 0.0471. The van der Waals surface area contributed by atoms with Gasteiger partial charge in [-0.3, -0.25) is 0 Å². The van der Waals surface area contributed by atoms with E-state index in [1.165, 1.54) is 16.8 Å². The summed E-state index contributed by atoms with van der Waals surface area (Å²) in [5.74, 6) is -0.980. The Morgan fingerprint density at radius 3 is 2.90 bits per heavy atom. The molecule has 0 saturated heterocycles. The Morgan fingerprint density at radius 2 is 2.25 bits per heavy atom. The van der Waals surface area contributed by atoms with Crippen molar-refractivity contribution in [1.82, 2.24) is 15.0 Å². The highest BCUT2D eigenvalue weighted by Gasteiger charge is 2.17. The molecule has 0 N–H and O–H groups in total. The first kappa shape index (κ1) is 14.5. The zero-order valence-electron chi connectivity index (χ0n) is 11.1. The number of esters is 1. The van der Waals surface area contributed by atoms with E-state index < -0.39 is 11.8 Å². The molecule has 0 saturated carbocycles. The molecule has 106 valence electrons. The zero-order valence-corrected chi connectivity index (χ0v) is 11.8. The maximum Gasteiger partial charge on any atom is 0.360 e. The monoisotopic (exact) mass is 297 g/mol. The summed E-state index contributed by atoms with van der Waals surface area (Å²) in [4.78, 5) is 11.6. The van der Waals surface area contributed by atoms with Gasteiger partial charge in [-0.05, 0) is 31.5 Å². The summed E-state index contributed by atoms with van der Waals surface area (Å²) in [6, 6.07) is 4.41. The van der Waals surface area contributed by atoms with E-state index in [1.54, 1.807) is 19.9 Å². The molecular weight excluding hydrogens is 285 g/mol. The van der Waals surface area contributed by atoms with Gasteiger partial charge < -0.3 is 4.74 Å². The van der Waals surface area contributed by atoms with Gasteiger partial charge in [-0.1, -0.05) is 22.9 Å². The number of carbonyl (C=O) groups excluding carboxylic acids is 1. The number of carbonyl (C=O) groups is 1. The number of ether oxygens (including phenoxy) is 1. The first-order valence-corrected chi connectivity index (χ1v) is 6.41. The number of hydrogen-bond donors (Lipinski definition) is 0. The molecule has 0 atom stereocenters. The van der Waals surface area contributed by atoms with Crippen molar-refractivity contribution in [2.24, 2.45) is 0 Å². The lowest BCUT2D eigenvalue weighted by atomic mass is 10.2. The van der Waals surface area contributed by atoms with E-state index in [1.807, 2.05) is 0 Å². The van der Waals surface area contributed by atoms with Crippen LogP contribution in [0.3, 0.4) is 0 Å². The summed E-state index contributed by atoms with van der Waals surface area (Å²) >= 11 is 5.72. The molecule has 20 heavy (non-hydrogen) atoms. The van der Waals surface area contributed by atoms with Crippen molar-refractivity contribution in [2.45, 2.75) is 20.4 Å². The van der Waals surface area contributed by atoms with Crippen LogP contribution in [0.5, 0.6) is 0 Å². The van der Waals surface area contributed by atoms with Gasteiger partial charge in [-0.2, -0.15) is 0 Å². The van der Waals surface area contributed by atoms with Crippen molar-refractivity contribution in [3.8, 4) is 0 Å². The van der Waals surface area contributed by atoms with Crippen LogP contribution in [0.4, 0.5) is 4.39 Å². The quantitative estimate of drug-likeness (QED) is 0.814. The Labute approximate surface area is 120 Å². The summed E-state index contributed by atoms with van der Waals surface area (Å²) < 4.78 is 19.5. The second kappa shape index (κ2) is 6.00. The first-order valence-electron chi connectivity index (χ1n) is 6.04. The van der Waals surface area contributed by atoms with Gasteiger partial charge in [0.1, 0.15) is 5.82 Å². The van der Waals surface area contributed by atoms with Gasteiger partial charge in [0.25, 0.3) is 0 Å². The number of halogens is 2. The minimum Gasteiger partial charge on any atom is -0.461 e. The summed E-state index contributed by atoms with van der Waals surface area (Å²) in [5.41, 5.74) is 1.53. The number of hydrogen-bond acceptors (Lipinski definition) is 4. The Morgan fingerprint density at radius 1 is 1.50 bits per heavy atom. The van der Waals surface area contributed by atoms with E-state index in [4.69, 9.17) is 16.3 Å². The van der Waals surface area contributed by atoms with Gasteiger partial charge in [0.2, 0.25) is 0 Å². The van der Waals surface area contributed by atoms with Crippen molar-refractivity contribution in [2.75, 3.05) is 6.61 Å². The fourth-order valence-corrected chi connectivity index (χ4v) is 1.91. The average Bonchev–Trinajstić information content (AvgIpc) is 2.76. The van der Waals surface area contributed by atoms with Crippen LogP contribution in [0.2, 0.25) is 5.02 Å². The van der Waals surface area contributed by atoms with Gasteiger partial charge in [0, 0.05) is 0 Å². The fourth-order valence-electron chi connectivity index (χ4n) is 1.71. The Bertz CT molecular complexity index is 643. The molecule has 1 heterocycles. The Kier molecular flexibility index (Phi) is 4.34. The van der Waals surface area contributed by atoms with Crippen LogP contribution in [0.25, 0.3) is 0 Å². The molecule has 0 spiro atoms. The molecular formula is C13H13ClFN3O2. The third-order valence-electron chi connectivity index (χ3n) is 2.77. The highest BCUT2D eigenvalue weighted by molar-refractivity contribution is 6.30. The SMILES string of the molecule is CCOC(=O)c1nnn(Cc2ccc(F)c(Cl)c2)c1C. The van der Waals surface area contributed by atoms with Gasteiger partial charge in [0.05, 0.1) is 23.9 Å². The highest BCUT2D eigenvalue weighted by Crippen LogP contribution is 2.17. The molecule has 2 rings (SSSR count). The molecule has 0 radical (unpaired) electrons. The Balaban J connectivity index is 2.22. The molecule has 5 nitrogen and oxygen atoms in total. The number of aromatic nitrogens is 3. The van der Waals surface area contributed by atoms with Crippen LogP contribution in [-0.4, -0.2) is 27.6 Å². The lowest BCUT2D eigenvalue weighted by Gasteiger charge is -2.05. The second-order valence-electron chi connectivity index (χ2n) is 4.15. The topological polar surface area (TPSA) is 57.0 Å². The lowest BCUT2D eigenvalue weighted by Crippen LogP contribution is -2.09.